The summed E-state index contributed by atoms with van der Waals surface area (Å²) in [6.45, 7) is 0. The normalized spacial score (nSPS) is 26.1. The number of thiophene rings is 1. The van der Waals surface area contributed by atoms with Crippen molar-refractivity contribution in [1.82, 2.24) is 0 Å². The lowest BCUT2D eigenvalue weighted by Gasteiger charge is -2.24. The molecule has 2 atom stereocenters. The average molecular weight is 393 g/mol. The predicted octanol–water partition coefficient (Wildman–Crippen LogP) is 2.59. The molecule has 0 aliphatic carbocycles. The summed E-state index contributed by atoms with van der Waals surface area (Å²) in [6, 6.07) is 13.2. The number of hydrogen-bond donors (Lipinski definition) is 0. The van der Waals surface area contributed by atoms with Gasteiger partial charge < -0.3 is 4.90 Å². The van der Waals surface area contributed by atoms with Gasteiger partial charge in [0.1, 0.15) is 0 Å². The first-order valence-electron chi connectivity index (χ1n) is 7.87. The van der Waals surface area contributed by atoms with Crippen molar-refractivity contribution in [3.8, 4) is 0 Å². The summed E-state index contributed by atoms with van der Waals surface area (Å²) >= 11 is 2.94. The van der Waals surface area contributed by atoms with Crippen LogP contribution in [-0.2, 0) is 21.1 Å². The minimum atomic E-state index is -3.04. The Hall–Kier alpha value is -1.64. The van der Waals surface area contributed by atoms with Crippen molar-refractivity contribution in [2.75, 3.05) is 16.4 Å². The number of fused-ring (bicyclic) bond motifs is 1. The summed E-state index contributed by atoms with van der Waals surface area (Å²) in [4.78, 5) is 19.6. The Morgan fingerprint density at radius 2 is 1.96 bits per heavy atom. The van der Waals surface area contributed by atoms with Crippen molar-refractivity contribution < 1.29 is 13.2 Å². The number of hydrogen-bond acceptors (Lipinski definition) is 5. The van der Waals surface area contributed by atoms with E-state index in [2.05, 4.69) is 4.99 Å². The molecule has 0 unspecified atom stereocenters. The Balaban J connectivity index is 1.64. The zero-order valence-electron chi connectivity index (χ0n) is 13.2. The number of aliphatic imine (C=N–C) groups is 1. The molecule has 3 heterocycles. The van der Waals surface area contributed by atoms with Crippen molar-refractivity contribution in [2.45, 2.75) is 17.7 Å². The van der Waals surface area contributed by atoms with Crippen LogP contribution in [0.25, 0.3) is 0 Å². The molecular formula is C17H16N2O3S3. The van der Waals surface area contributed by atoms with Gasteiger partial charge in [0.2, 0.25) is 0 Å². The lowest BCUT2D eigenvalue weighted by atomic mass is 10.2. The van der Waals surface area contributed by atoms with Gasteiger partial charge in [-0.3, -0.25) is 4.79 Å². The first kappa shape index (κ1) is 16.8. The van der Waals surface area contributed by atoms with Crippen LogP contribution in [-0.4, -0.2) is 42.3 Å². The number of benzene rings is 1. The van der Waals surface area contributed by atoms with Gasteiger partial charge in [-0.25, -0.2) is 8.42 Å². The lowest BCUT2D eigenvalue weighted by molar-refractivity contribution is -0.117. The maximum Gasteiger partial charge on any atom is 0.253 e. The molecule has 4 rings (SSSR count). The Labute approximate surface area is 154 Å². The average Bonchev–Trinajstić information content (AvgIpc) is 3.23. The number of carbonyl (C=O) groups excluding carboxylic acids is 1. The van der Waals surface area contributed by atoms with E-state index >= 15 is 0 Å². The van der Waals surface area contributed by atoms with Crippen LogP contribution in [0.1, 0.15) is 4.88 Å². The van der Waals surface area contributed by atoms with Crippen molar-refractivity contribution in [2.24, 2.45) is 4.99 Å². The number of anilines is 1. The molecule has 5 nitrogen and oxygen atoms in total. The van der Waals surface area contributed by atoms with Gasteiger partial charge in [0.25, 0.3) is 5.91 Å². The van der Waals surface area contributed by atoms with E-state index in [0.29, 0.717) is 5.17 Å². The van der Waals surface area contributed by atoms with Crippen LogP contribution in [0.15, 0.2) is 52.8 Å². The number of carbonyl (C=O) groups is 1. The van der Waals surface area contributed by atoms with Crippen LogP contribution in [0.5, 0.6) is 0 Å². The van der Waals surface area contributed by atoms with Crippen LogP contribution < -0.4 is 4.90 Å². The number of rotatable bonds is 3. The Morgan fingerprint density at radius 3 is 2.68 bits per heavy atom. The summed E-state index contributed by atoms with van der Waals surface area (Å²) in [5, 5.41) is 2.47. The van der Waals surface area contributed by atoms with Gasteiger partial charge in [0.05, 0.1) is 24.0 Å². The van der Waals surface area contributed by atoms with E-state index < -0.39 is 9.84 Å². The van der Waals surface area contributed by atoms with Gasteiger partial charge in [-0.15, -0.1) is 11.3 Å². The summed E-state index contributed by atoms with van der Waals surface area (Å²) in [5.41, 5.74) is 0.877. The standard InChI is InChI=1S/C17H16N2O3S3/c20-16(9-13-7-4-8-23-13)18-17-19(12-5-2-1-3-6-12)14-10-25(21,22)11-15(14)24-17/h1-8,14-15H,9-11H2/t14-,15+/m1/s1. The molecule has 1 aromatic heterocycles. The Morgan fingerprint density at radius 1 is 1.16 bits per heavy atom. The van der Waals surface area contributed by atoms with Gasteiger partial charge in [0.15, 0.2) is 15.0 Å². The van der Waals surface area contributed by atoms with Crippen LogP contribution >= 0.6 is 23.1 Å². The molecule has 0 bridgehead atoms. The van der Waals surface area contributed by atoms with Crippen molar-refractivity contribution in [3.63, 3.8) is 0 Å². The van der Waals surface area contributed by atoms with E-state index in [1.807, 2.05) is 52.7 Å². The molecule has 130 valence electrons. The van der Waals surface area contributed by atoms with E-state index in [4.69, 9.17) is 0 Å². The molecule has 2 aliphatic rings. The molecule has 0 saturated carbocycles. The maximum atomic E-state index is 12.4. The summed E-state index contributed by atoms with van der Waals surface area (Å²) in [6.07, 6.45) is 0.276. The van der Waals surface area contributed by atoms with E-state index in [-0.39, 0.29) is 35.1 Å². The molecule has 2 saturated heterocycles. The molecular weight excluding hydrogens is 376 g/mol. The largest absolute Gasteiger partial charge is 0.316 e. The smallest absolute Gasteiger partial charge is 0.253 e. The fourth-order valence-corrected chi connectivity index (χ4v) is 7.79. The van der Waals surface area contributed by atoms with E-state index in [0.717, 1.165) is 10.6 Å². The molecule has 0 radical (unpaired) electrons. The van der Waals surface area contributed by atoms with Crippen molar-refractivity contribution in [3.05, 3.63) is 52.7 Å². The van der Waals surface area contributed by atoms with Gasteiger partial charge in [0, 0.05) is 15.8 Å². The molecule has 0 spiro atoms. The number of para-hydroxylation sites is 1. The third kappa shape index (κ3) is 3.51. The minimum Gasteiger partial charge on any atom is -0.316 e. The number of amides is 1. The minimum absolute atomic E-state index is 0.0708. The zero-order chi connectivity index (χ0) is 17.4. The molecule has 2 fully saturated rings. The predicted molar refractivity (Wildman–Crippen MR) is 103 cm³/mol. The highest BCUT2D eigenvalue weighted by atomic mass is 32.2. The lowest BCUT2D eigenvalue weighted by Crippen LogP contribution is -2.37. The van der Waals surface area contributed by atoms with E-state index in [1.54, 1.807) is 0 Å². The highest BCUT2D eigenvalue weighted by molar-refractivity contribution is 8.16. The van der Waals surface area contributed by atoms with Crippen molar-refractivity contribution >= 4 is 49.7 Å². The zero-order valence-corrected chi connectivity index (χ0v) is 15.7. The Bertz CT molecular complexity index is 908. The number of amidine groups is 1. The van der Waals surface area contributed by atoms with Crippen LogP contribution in [0.2, 0.25) is 0 Å². The molecule has 0 N–H and O–H groups in total. The number of thioether (sulfide) groups is 1. The Kier molecular flexibility index (Phi) is 4.43. The number of sulfone groups is 1. The highest BCUT2D eigenvalue weighted by Crippen LogP contribution is 2.40. The van der Waals surface area contributed by atoms with Crippen molar-refractivity contribution in [1.29, 1.82) is 0 Å². The quantitative estimate of drug-likeness (QED) is 0.803. The topological polar surface area (TPSA) is 66.8 Å². The molecule has 2 aliphatic heterocycles. The fraction of sp³-hybridized carbons (Fsp3) is 0.294. The van der Waals surface area contributed by atoms with Crippen LogP contribution in [0.3, 0.4) is 0 Å². The fourth-order valence-electron chi connectivity index (χ4n) is 3.16. The second-order valence-electron chi connectivity index (χ2n) is 6.05. The van der Waals surface area contributed by atoms with E-state index in [1.165, 1.54) is 23.1 Å². The first-order valence-corrected chi connectivity index (χ1v) is 11.5. The van der Waals surface area contributed by atoms with E-state index in [9.17, 15) is 13.2 Å². The number of nitrogens with zero attached hydrogens (tertiary/aromatic N) is 2. The third-order valence-corrected chi connectivity index (χ3v) is 8.31. The molecule has 2 aromatic rings. The molecule has 1 amide bonds. The molecule has 1 aromatic carbocycles. The van der Waals surface area contributed by atoms with Gasteiger partial charge >= 0.3 is 0 Å². The summed E-state index contributed by atoms with van der Waals surface area (Å²) < 4.78 is 24.0. The molecule has 8 heteroatoms. The van der Waals surface area contributed by atoms with Gasteiger partial charge in [-0.1, -0.05) is 36.0 Å². The van der Waals surface area contributed by atoms with Gasteiger partial charge in [-0.2, -0.15) is 4.99 Å². The SMILES string of the molecule is O=C(Cc1cccs1)N=C1S[C@H]2CS(=O)(=O)C[C@H]2N1c1ccccc1. The second kappa shape index (κ2) is 6.59. The first-order chi connectivity index (χ1) is 12.0. The third-order valence-electron chi connectivity index (χ3n) is 4.23. The summed E-state index contributed by atoms with van der Waals surface area (Å²) in [7, 11) is -3.04. The van der Waals surface area contributed by atoms with Crippen LogP contribution in [0, 0.1) is 0 Å². The molecule has 25 heavy (non-hydrogen) atoms. The maximum absolute atomic E-state index is 12.4. The summed E-state index contributed by atoms with van der Waals surface area (Å²) in [5.74, 6) is 0.0512. The van der Waals surface area contributed by atoms with Gasteiger partial charge in [-0.05, 0) is 23.6 Å². The monoisotopic (exact) mass is 392 g/mol. The van der Waals surface area contributed by atoms with Crippen LogP contribution in [0.4, 0.5) is 5.69 Å². The second-order valence-corrected chi connectivity index (χ2v) is 10.4. The highest BCUT2D eigenvalue weighted by Gasteiger charge is 2.49.